The second-order valence-electron chi connectivity index (χ2n) is 3.59. The Balaban J connectivity index is 3.90. The number of carbonyl (C=O) groups excluding carboxylic acids is 1. The summed E-state index contributed by atoms with van der Waals surface area (Å²) in [6.45, 7) is 7.06. The largest absolute Gasteiger partial charge is 0.443 e. The first-order valence-electron chi connectivity index (χ1n) is 3.93. The molecule has 0 saturated heterocycles. The van der Waals surface area contributed by atoms with Crippen LogP contribution in [-0.4, -0.2) is 23.3 Å². The molecule has 0 heterocycles. The fourth-order valence-electron chi connectivity index (χ4n) is 0.472. The Morgan fingerprint density at radius 3 is 2.46 bits per heavy atom. The molecule has 0 aliphatic rings. The molecule has 1 amide bonds. The molecule has 0 fully saturated rings. The van der Waals surface area contributed by atoms with Gasteiger partial charge in [-0.1, -0.05) is 0 Å². The molecule has 0 unspecified atom stereocenters. The maximum absolute atomic E-state index is 11.0. The van der Waals surface area contributed by atoms with Gasteiger partial charge in [0.1, 0.15) is 5.60 Å². The van der Waals surface area contributed by atoms with Crippen molar-refractivity contribution >= 4 is 23.4 Å². The molecule has 0 aromatic carbocycles. The van der Waals surface area contributed by atoms with Crippen LogP contribution < -0.4 is 5.43 Å². The van der Waals surface area contributed by atoms with Gasteiger partial charge >= 0.3 is 6.09 Å². The van der Waals surface area contributed by atoms with Crippen molar-refractivity contribution in [3.05, 3.63) is 0 Å². The summed E-state index contributed by atoms with van der Waals surface area (Å²) in [5, 5.41) is 3.69. The minimum Gasteiger partial charge on any atom is -0.443 e. The van der Waals surface area contributed by atoms with Crippen molar-refractivity contribution in [1.82, 2.24) is 5.43 Å². The highest BCUT2D eigenvalue weighted by Crippen LogP contribution is 2.06. The molecule has 0 spiro atoms. The van der Waals surface area contributed by atoms with Crippen molar-refractivity contribution in [2.24, 2.45) is 5.10 Å². The van der Waals surface area contributed by atoms with Crippen LogP contribution in [0.2, 0.25) is 0 Å². The van der Waals surface area contributed by atoms with E-state index in [0.717, 1.165) is 0 Å². The van der Waals surface area contributed by atoms with Gasteiger partial charge in [0.25, 0.3) is 0 Å². The SMILES string of the molecule is C/C(CCl)=N\NC(=O)OC(C)(C)C. The van der Waals surface area contributed by atoms with Crippen molar-refractivity contribution in [2.45, 2.75) is 33.3 Å². The van der Waals surface area contributed by atoms with Gasteiger partial charge in [0.15, 0.2) is 0 Å². The molecule has 13 heavy (non-hydrogen) atoms. The molecular formula is C8H15ClN2O2. The van der Waals surface area contributed by atoms with Crippen LogP contribution in [0.5, 0.6) is 0 Å². The summed E-state index contributed by atoms with van der Waals surface area (Å²) in [4.78, 5) is 11.0. The van der Waals surface area contributed by atoms with Crippen LogP contribution in [0.1, 0.15) is 27.7 Å². The summed E-state index contributed by atoms with van der Waals surface area (Å²) in [7, 11) is 0. The summed E-state index contributed by atoms with van der Waals surface area (Å²) < 4.78 is 4.93. The van der Waals surface area contributed by atoms with E-state index in [1.54, 1.807) is 27.7 Å². The molecule has 0 aromatic rings. The van der Waals surface area contributed by atoms with Crippen molar-refractivity contribution in [1.29, 1.82) is 0 Å². The summed E-state index contributed by atoms with van der Waals surface area (Å²) in [6.07, 6.45) is -0.572. The normalized spacial score (nSPS) is 12.5. The van der Waals surface area contributed by atoms with Crippen LogP contribution >= 0.6 is 11.6 Å². The predicted octanol–water partition coefficient (Wildman–Crippen LogP) is 2.13. The van der Waals surface area contributed by atoms with E-state index < -0.39 is 11.7 Å². The Kier molecular flexibility index (Phi) is 4.77. The van der Waals surface area contributed by atoms with E-state index in [9.17, 15) is 4.79 Å². The molecule has 0 rings (SSSR count). The fraction of sp³-hybridized carbons (Fsp3) is 0.750. The lowest BCUT2D eigenvalue weighted by Crippen LogP contribution is -2.30. The summed E-state index contributed by atoms with van der Waals surface area (Å²) in [5.41, 5.74) is 2.36. The van der Waals surface area contributed by atoms with Gasteiger partial charge in [0.05, 0.1) is 11.6 Å². The lowest BCUT2D eigenvalue weighted by Gasteiger charge is -2.18. The highest BCUT2D eigenvalue weighted by atomic mass is 35.5. The van der Waals surface area contributed by atoms with Crippen molar-refractivity contribution < 1.29 is 9.53 Å². The van der Waals surface area contributed by atoms with E-state index in [2.05, 4.69) is 10.5 Å². The molecular weight excluding hydrogens is 192 g/mol. The van der Waals surface area contributed by atoms with Gasteiger partial charge in [-0.25, -0.2) is 10.2 Å². The maximum Gasteiger partial charge on any atom is 0.428 e. The topological polar surface area (TPSA) is 50.7 Å². The third kappa shape index (κ3) is 7.59. The van der Waals surface area contributed by atoms with Gasteiger partial charge in [-0.2, -0.15) is 5.10 Å². The first kappa shape index (κ1) is 12.2. The van der Waals surface area contributed by atoms with Crippen LogP contribution in [0.3, 0.4) is 0 Å². The Bertz CT molecular complexity index is 209. The molecule has 0 atom stereocenters. The first-order valence-corrected chi connectivity index (χ1v) is 4.46. The molecule has 4 nitrogen and oxygen atoms in total. The summed E-state index contributed by atoms with van der Waals surface area (Å²) in [5.74, 6) is 0.287. The van der Waals surface area contributed by atoms with E-state index in [1.807, 2.05) is 0 Å². The van der Waals surface area contributed by atoms with E-state index in [-0.39, 0.29) is 5.88 Å². The predicted molar refractivity (Wildman–Crippen MR) is 53.2 cm³/mol. The summed E-state index contributed by atoms with van der Waals surface area (Å²) >= 11 is 5.45. The van der Waals surface area contributed by atoms with E-state index >= 15 is 0 Å². The van der Waals surface area contributed by atoms with Crippen LogP contribution in [-0.2, 0) is 4.74 Å². The van der Waals surface area contributed by atoms with Crippen LogP contribution in [0, 0.1) is 0 Å². The van der Waals surface area contributed by atoms with Gasteiger partial charge in [0, 0.05) is 0 Å². The zero-order chi connectivity index (χ0) is 10.5. The van der Waals surface area contributed by atoms with Gasteiger partial charge in [0.2, 0.25) is 0 Å². The number of nitrogens with one attached hydrogen (secondary N) is 1. The average Bonchev–Trinajstić information content (AvgIpc) is 1.97. The number of alkyl halides is 1. The summed E-state index contributed by atoms with van der Waals surface area (Å²) in [6, 6.07) is 0. The second kappa shape index (κ2) is 5.07. The molecule has 0 aliphatic carbocycles. The molecule has 0 bridgehead atoms. The Hall–Kier alpha value is -0.770. The minimum atomic E-state index is -0.572. The number of amides is 1. The van der Waals surface area contributed by atoms with E-state index in [4.69, 9.17) is 16.3 Å². The first-order chi connectivity index (χ1) is 5.85. The average molecular weight is 207 g/mol. The smallest absolute Gasteiger partial charge is 0.428 e. The lowest BCUT2D eigenvalue weighted by atomic mass is 10.2. The van der Waals surface area contributed by atoms with Crippen LogP contribution in [0.15, 0.2) is 5.10 Å². The van der Waals surface area contributed by atoms with Gasteiger partial charge in [-0.15, -0.1) is 11.6 Å². The number of ether oxygens (including phenoxy) is 1. The van der Waals surface area contributed by atoms with Crippen LogP contribution in [0.4, 0.5) is 4.79 Å². The quantitative estimate of drug-likeness (QED) is 0.428. The Morgan fingerprint density at radius 1 is 1.54 bits per heavy atom. The number of rotatable bonds is 2. The minimum absolute atomic E-state index is 0.287. The highest BCUT2D eigenvalue weighted by molar-refractivity contribution is 6.28. The van der Waals surface area contributed by atoms with Gasteiger partial charge < -0.3 is 4.74 Å². The second-order valence-corrected chi connectivity index (χ2v) is 3.86. The molecule has 0 aromatic heterocycles. The van der Waals surface area contributed by atoms with Gasteiger partial charge in [-0.3, -0.25) is 0 Å². The Morgan fingerprint density at radius 2 is 2.08 bits per heavy atom. The molecule has 0 aliphatic heterocycles. The number of nitrogens with zero attached hydrogens (tertiary/aromatic N) is 1. The number of halogens is 1. The lowest BCUT2D eigenvalue weighted by molar-refractivity contribution is 0.0529. The number of hydrogen-bond donors (Lipinski definition) is 1. The molecule has 1 N–H and O–H groups in total. The van der Waals surface area contributed by atoms with Crippen molar-refractivity contribution in [3.8, 4) is 0 Å². The molecule has 76 valence electrons. The van der Waals surface area contributed by atoms with E-state index in [0.29, 0.717) is 5.71 Å². The zero-order valence-corrected chi connectivity index (χ0v) is 9.10. The van der Waals surface area contributed by atoms with Crippen molar-refractivity contribution in [3.63, 3.8) is 0 Å². The molecule has 0 saturated carbocycles. The standard InChI is InChI=1S/C8H15ClN2O2/c1-6(5-9)10-11-7(12)13-8(2,3)4/h5H2,1-4H3,(H,11,12)/b10-6+. The number of hydrazone groups is 1. The van der Waals surface area contributed by atoms with Gasteiger partial charge in [-0.05, 0) is 27.7 Å². The fourth-order valence-corrected chi connectivity index (χ4v) is 0.532. The highest BCUT2D eigenvalue weighted by Gasteiger charge is 2.15. The van der Waals surface area contributed by atoms with E-state index in [1.165, 1.54) is 0 Å². The third-order valence-corrected chi connectivity index (χ3v) is 1.32. The van der Waals surface area contributed by atoms with Crippen LogP contribution in [0.25, 0.3) is 0 Å². The zero-order valence-electron chi connectivity index (χ0n) is 8.35. The number of carbonyl (C=O) groups is 1. The number of hydrogen-bond acceptors (Lipinski definition) is 3. The monoisotopic (exact) mass is 206 g/mol. The molecule has 5 heteroatoms. The van der Waals surface area contributed by atoms with Crippen molar-refractivity contribution in [2.75, 3.05) is 5.88 Å². The Labute approximate surface area is 83.3 Å². The third-order valence-electron chi connectivity index (χ3n) is 0.930. The maximum atomic E-state index is 11.0. The molecule has 0 radical (unpaired) electrons.